The van der Waals surface area contributed by atoms with Crippen LogP contribution in [0.1, 0.15) is 18.4 Å². The van der Waals surface area contributed by atoms with Crippen molar-refractivity contribution in [3.63, 3.8) is 0 Å². The van der Waals surface area contributed by atoms with Crippen LogP contribution in [-0.2, 0) is 0 Å². The summed E-state index contributed by atoms with van der Waals surface area (Å²) in [7, 11) is 4.24. The molecule has 1 fully saturated rings. The molecule has 1 aliphatic heterocycles. The molecule has 0 amide bonds. The number of anilines is 1. The highest BCUT2D eigenvalue weighted by atomic mass is 32.1. The van der Waals surface area contributed by atoms with E-state index in [0.717, 1.165) is 17.9 Å². The van der Waals surface area contributed by atoms with E-state index in [1.54, 1.807) is 6.20 Å². The molecule has 1 atom stereocenters. The number of thiocarbonyl (C=S) groups is 1. The summed E-state index contributed by atoms with van der Waals surface area (Å²) < 4.78 is 0. The molecule has 1 aliphatic rings. The third-order valence-corrected chi connectivity index (χ3v) is 3.75. The van der Waals surface area contributed by atoms with E-state index >= 15 is 0 Å². The zero-order valence-corrected chi connectivity index (χ0v) is 11.8. The number of hydrogen-bond donors (Lipinski definition) is 1. The third-order valence-electron chi connectivity index (χ3n) is 3.53. The first-order chi connectivity index (χ1) is 8.59. The van der Waals surface area contributed by atoms with E-state index in [1.807, 2.05) is 12.1 Å². The molecule has 2 N–H and O–H groups in total. The van der Waals surface area contributed by atoms with Crippen molar-refractivity contribution in [2.75, 3.05) is 32.1 Å². The molecule has 0 saturated carbocycles. The monoisotopic (exact) mass is 264 g/mol. The molecule has 98 valence electrons. The predicted octanol–water partition coefficient (Wildman–Crippen LogP) is 1.25. The normalized spacial score (nSPS) is 20.7. The van der Waals surface area contributed by atoms with Crippen LogP contribution < -0.4 is 10.6 Å². The molecule has 2 heterocycles. The molecule has 1 aromatic heterocycles. The number of hydrogen-bond acceptors (Lipinski definition) is 4. The van der Waals surface area contributed by atoms with Crippen molar-refractivity contribution in [1.29, 1.82) is 0 Å². The molecular formula is C13H20N4S. The summed E-state index contributed by atoms with van der Waals surface area (Å²) in [5.41, 5.74) is 6.63. The van der Waals surface area contributed by atoms with Crippen LogP contribution in [0.15, 0.2) is 18.3 Å². The SMILES string of the molecule is CN1CCCC(N(C)c2ncccc2C(N)=S)C1. The van der Waals surface area contributed by atoms with Crippen LogP contribution in [-0.4, -0.2) is 48.1 Å². The van der Waals surface area contributed by atoms with Gasteiger partial charge in [0, 0.05) is 25.8 Å². The van der Waals surface area contributed by atoms with Gasteiger partial charge in [0.15, 0.2) is 0 Å². The molecule has 2 rings (SSSR count). The van der Waals surface area contributed by atoms with Crippen LogP contribution in [0.25, 0.3) is 0 Å². The summed E-state index contributed by atoms with van der Waals surface area (Å²) in [6.45, 7) is 2.23. The molecule has 4 nitrogen and oxygen atoms in total. The van der Waals surface area contributed by atoms with Crippen molar-refractivity contribution in [3.05, 3.63) is 23.9 Å². The number of piperidine rings is 1. The number of pyridine rings is 1. The standard InChI is InChI=1S/C13H20N4S/c1-16-8-4-5-10(9-16)17(2)13-11(12(14)18)6-3-7-15-13/h3,6-7,10H,4-5,8-9H2,1-2H3,(H2,14,18). The summed E-state index contributed by atoms with van der Waals surface area (Å²) in [5, 5.41) is 0. The van der Waals surface area contributed by atoms with E-state index in [4.69, 9.17) is 18.0 Å². The maximum atomic E-state index is 5.76. The lowest BCUT2D eigenvalue weighted by Crippen LogP contribution is -2.45. The fourth-order valence-corrected chi connectivity index (χ4v) is 2.66. The minimum atomic E-state index is 0.411. The lowest BCUT2D eigenvalue weighted by Gasteiger charge is -2.37. The second kappa shape index (κ2) is 5.63. The smallest absolute Gasteiger partial charge is 0.138 e. The second-order valence-corrected chi connectivity index (χ2v) is 5.35. The zero-order valence-electron chi connectivity index (χ0n) is 11.0. The molecule has 0 aliphatic carbocycles. The molecule has 1 unspecified atom stereocenters. The number of nitrogens with zero attached hydrogens (tertiary/aromatic N) is 3. The van der Waals surface area contributed by atoms with Gasteiger partial charge in [-0.15, -0.1) is 0 Å². The molecule has 18 heavy (non-hydrogen) atoms. The lowest BCUT2D eigenvalue weighted by atomic mass is 10.0. The van der Waals surface area contributed by atoms with Gasteiger partial charge in [0.05, 0.1) is 5.56 Å². The van der Waals surface area contributed by atoms with Crippen LogP contribution in [0, 0.1) is 0 Å². The molecule has 0 aromatic carbocycles. The fraction of sp³-hybridized carbons (Fsp3) is 0.538. The first kappa shape index (κ1) is 13.2. The second-order valence-electron chi connectivity index (χ2n) is 4.91. The lowest BCUT2D eigenvalue weighted by molar-refractivity contribution is 0.247. The van der Waals surface area contributed by atoms with Crippen LogP contribution in [0.4, 0.5) is 5.82 Å². The highest BCUT2D eigenvalue weighted by Gasteiger charge is 2.23. The van der Waals surface area contributed by atoms with E-state index in [0.29, 0.717) is 11.0 Å². The summed E-state index contributed by atoms with van der Waals surface area (Å²) in [6, 6.07) is 4.29. The Labute approximate surface area is 114 Å². The highest BCUT2D eigenvalue weighted by molar-refractivity contribution is 7.80. The Morgan fingerprint density at radius 2 is 2.39 bits per heavy atom. The number of rotatable bonds is 3. The van der Waals surface area contributed by atoms with Crippen LogP contribution in [0.2, 0.25) is 0 Å². The number of likely N-dealkylation sites (tertiary alicyclic amines) is 1. The summed E-state index contributed by atoms with van der Waals surface area (Å²) in [6.07, 6.45) is 4.20. The fourth-order valence-electron chi connectivity index (χ4n) is 2.50. The van der Waals surface area contributed by atoms with E-state index in [2.05, 4.69) is 28.9 Å². The predicted molar refractivity (Wildman–Crippen MR) is 79.0 cm³/mol. The Kier molecular flexibility index (Phi) is 4.14. The highest BCUT2D eigenvalue weighted by Crippen LogP contribution is 2.22. The zero-order chi connectivity index (χ0) is 13.1. The average Bonchev–Trinajstić information content (AvgIpc) is 2.38. The van der Waals surface area contributed by atoms with E-state index in [9.17, 15) is 0 Å². The molecule has 0 bridgehead atoms. The van der Waals surface area contributed by atoms with E-state index in [-0.39, 0.29) is 0 Å². The first-order valence-electron chi connectivity index (χ1n) is 6.26. The molecule has 0 radical (unpaired) electrons. The minimum absolute atomic E-state index is 0.411. The Morgan fingerprint density at radius 1 is 1.61 bits per heavy atom. The molecule has 1 aromatic rings. The van der Waals surface area contributed by atoms with Gasteiger partial charge in [-0.3, -0.25) is 0 Å². The van der Waals surface area contributed by atoms with E-state index in [1.165, 1.54) is 19.4 Å². The van der Waals surface area contributed by atoms with Crippen LogP contribution >= 0.6 is 12.2 Å². The summed E-state index contributed by atoms with van der Waals surface area (Å²) in [5.74, 6) is 0.894. The minimum Gasteiger partial charge on any atom is -0.389 e. The summed E-state index contributed by atoms with van der Waals surface area (Å²) >= 11 is 5.09. The van der Waals surface area contributed by atoms with Gasteiger partial charge in [0.1, 0.15) is 10.8 Å². The molecule has 1 saturated heterocycles. The molecule has 5 heteroatoms. The Hall–Kier alpha value is -1.20. The van der Waals surface area contributed by atoms with Crippen molar-refractivity contribution in [1.82, 2.24) is 9.88 Å². The van der Waals surface area contributed by atoms with Crippen LogP contribution in [0.3, 0.4) is 0 Å². The van der Waals surface area contributed by atoms with Crippen molar-refractivity contribution >= 4 is 23.0 Å². The number of likely N-dealkylation sites (N-methyl/N-ethyl adjacent to an activating group) is 2. The van der Waals surface area contributed by atoms with Gasteiger partial charge >= 0.3 is 0 Å². The van der Waals surface area contributed by atoms with Gasteiger partial charge < -0.3 is 15.5 Å². The van der Waals surface area contributed by atoms with Gasteiger partial charge in [-0.2, -0.15) is 0 Å². The van der Waals surface area contributed by atoms with Gasteiger partial charge in [-0.25, -0.2) is 4.98 Å². The first-order valence-corrected chi connectivity index (χ1v) is 6.66. The number of aromatic nitrogens is 1. The van der Waals surface area contributed by atoms with Crippen molar-refractivity contribution in [2.45, 2.75) is 18.9 Å². The van der Waals surface area contributed by atoms with Crippen LogP contribution in [0.5, 0.6) is 0 Å². The van der Waals surface area contributed by atoms with Crippen molar-refractivity contribution < 1.29 is 0 Å². The third kappa shape index (κ3) is 2.79. The number of nitrogens with two attached hydrogens (primary N) is 1. The van der Waals surface area contributed by atoms with Crippen molar-refractivity contribution in [3.8, 4) is 0 Å². The van der Waals surface area contributed by atoms with Gasteiger partial charge in [0.25, 0.3) is 0 Å². The molecular weight excluding hydrogens is 244 g/mol. The van der Waals surface area contributed by atoms with E-state index < -0.39 is 0 Å². The van der Waals surface area contributed by atoms with Gasteiger partial charge in [-0.05, 0) is 38.6 Å². The Balaban J connectivity index is 2.22. The Bertz CT molecular complexity index is 435. The van der Waals surface area contributed by atoms with Gasteiger partial charge in [0.2, 0.25) is 0 Å². The topological polar surface area (TPSA) is 45.4 Å². The summed E-state index contributed by atoms with van der Waals surface area (Å²) in [4.78, 5) is 9.42. The van der Waals surface area contributed by atoms with Crippen molar-refractivity contribution in [2.24, 2.45) is 5.73 Å². The largest absolute Gasteiger partial charge is 0.389 e. The maximum absolute atomic E-state index is 5.76. The molecule has 0 spiro atoms. The average molecular weight is 264 g/mol. The maximum Gasteiger partial charge on any atom is 0.138 e. The van der Waals surface area contributed by atoms with Gasteiger partial charge in [-0.1, -0.05) is 12.2 Å². The quantitative estimate of drug-likeness (QED) is 0.832. The Morgan fingerprint density at radius 3 is 3.06 bits per heavy atom.